The summed E-state index contributed by atoms with van der Waals surface area (Å²) in [5.74, 6) is 1.34. The number of para-hydroxylation sites is 1. The van der Waals surface area contributed by atoms with Crippen molar-refractivity contribution >= 4 is 46.0 Å². The van der Waals surface area contributed by atoms with Crippen molar-refractivity contribution in [3.63, 3.8) is 0 Å². The Morgan fingerprint density at radius 2 is 1.73 bits per heavy atom. The van der Waals surface area contributed by atoms with Gasteiger partial charge >= 0.3 is 0 Å². The lowest BCUT2D eigenvalue weighted by molar-refractivity contribution is -0.122. The highest BCUT2D eigenvalue weighted by Crippen LogP contribution is 2.50. The number of benzene rings is 3. The smallest absolute Gasteiger partial charge is 0.269 e. The first-order valence-electron chi connectivity index (χ1n) is 10.4. The molecule has 3 aromatic carbocycles. The van der Waals surface area contributed by atoms with Crippen LogP contribution in [0.25, 0.3) is 0 Å². The summed E-state index contributed by atoms with van der Waals surface area (Å²) in [5, 5.41) is 1.58. The molecule has 6 nitrogen and oxygen atoms in total. The number of hydrogen-bond donors (Lipinski definition) is 0. The summed E-state index contributed by atoms with van der Waals surface area (Å²) in [4.78, 5) is 24.2. The second-order valence-corrected chi connectivity index (χ2v) is 9.68. The summed E-state index contributed by atoms with van der Waals surface area (Å²) < 4.78 is 10.9. The Morgan fingerprint density at radius 1 is 0.939 bits per heavy atom. The Bertz CT molecular complexity index is 1320. The van der Waals surface area contributed by atoms with E-state index in [-0.39, 0.29) is 12.7 Å². The molecule has 0 unspecified atom stereocenters. The van der Waals surface area contributed by atoms with Crippen molar-refractivity contribution in [3.8, 4) is 11.5 Å². The van der Waals surface area contributed by atoms with Gasteiger partial charge in [0.05, 0.1) is 22.9 Å². The highest BCUT2D eigenvalue weighted by atomic mass is 32.2. The zero-order valence-corrected chi connectivity index (χ0v) is 19.4. The van der Waals surface area contributed by atoms with E-state index in [9.17, 15) is 4.79 Å². The Kier molecular flexibility index (Phi) is 5.04. The number of hydrogen-bond acceptors (Lipinski definition) is 7. The molecule has 1 fully saturated rings. The third-order valence-corrected chi connectivity index (χ3v) is 7.99. The predicted octanol–water partition coefficient (Wildman–Crippen LogP) is 5.59. The van der Waals surface area contributed by atoms with Crippen molar-refractivity contribution < 1.29 is 14.3 Å². The van der Waals surface area contributed by atoms with Crippen molar-refractivity contribution in [1.82, 2.24) is 4.90 Å². The lowest BCUT2D eigenvalue weighted by Crippen LogP contribution is -2.29. The molecule has 1 amide bonds. The van der Waals surface area contributed by atoms with Gasteiger partial charge in [-0.15, -0.1) is 0 Å². The minimum absolute atomic E-state index is 0.0366. The number of carbonyl (C=O) groups excluding carboxylic acids is 1. The summed E-state index contributed by atoms with van der Waals surface area (Å²) in [6, 6.07) is 23.7. The van der Waals surface area contributed by atoms with Crippen molar-refractivity contribution in [2.75, 3.05) is 18.7 Å². The van der Waals surface area contributed by atoms with Crippen LogP contribution < -0.4 is 14.4 Å². The molecule has 3 aromatic rings. The number of anilines is 1. The van der Waals surface area contributed by atoms with Crippen molar-refractivity contribution in [3.05, 3.63) is 88.3 Å². The van der Waals surface area contributed by atoms with Crippen LogP contribution in [0.15, 0.2) is 92.6 Å². The number of thioether (sulfide) groups is 2. The highest BCUT2D eigenvalue weighted by molar-refractivity contribution is 8.19. The molecule has 6 rings (SSSR count). The van der Waals surface area contributed by atoms with E-state index >= 15 is 0 Å². The summed E-state index contributed by atoms with van der Waals surface area (Å²) in [6.07, 6.45) is 0. The fraction of sp³-hybridized carbons (Fsp3) is 0.120. The van der Waals surface area contributed by atoms with E-state index in [4.69, 9.17) is 14.5 Å². The van der Waals surface area contributed by atoms with Gasteiger partial charge in [-0.25, -0.2) is 4.99 Å². The van der Waals surface area contributed by atoms with Crippen LogP contribution in [-0.4, -0.2) is 29.8 Å². The zero-order chi connectivity index (χ0) is 22.4. The molecule has 0 aromatic heterocycles. The maximum atomic E-state index is 13.7. The van der Waals surface area contributed by atoms with E-state index in [1.807, 2.05) is 67.7 Å². The molecule has 0 bridgehead atoms. The van der Waals surface area contributed by atoms with Crippen molar-refractivity contribution in [1.29, 1.82) is 0 Å². The van der Waals surface area contributed by atoms with Gasteiger partial charge in [-0.05, 0) is 41.6 Å². The molecule has 33 heavy (non-hydrogen) atoms. The topological polar surface area (TPSA) is 54.4 Å². The number of amides is 1. The van der Waals surface area contributed by atoms with E-state index in [2.05, 4.69) is 17.0 Å². The largest absolute Gasteiger partial charge is 0.454 e. The molecule has 0 spiro atoms. The van der Waals surface area contributed by atoms with E-state index < -0.39 is 0 Å². The molecular weight excluding hydrogens is 454 g/mol. The molecule has 0 atom stereocenters. The van der Waals surface area contributed by atoms with Gasteiger partial charge in [0.25, 0.3) is 5.91 Å². The molecule has 8 heteroatoms. The Morgan fingerprint density at radius 3 is 2.58 bits per heavy atom. The molecule has 164 valence electrons. The van der Waals surface area contributed by atoms with Crippen LogP contribution in [-0.2, 0) is 11.3 Å². The van der Waals surface area contributed by atoms with Gasteiger partial charge in [0, 0.05) is 18.0 Å². The first-order valence-corrected chi connectivity index (χ1v) is 12.1. The predicted molar refractivity (Wildman–Crippen MR) is 132 cm³/mol. The SMILES string of the molecule is CN1C(=C2SC(=Nc3ccc4c(c3)OCO4)N(Cc3ccccc3)C2=O)Sc2ccccc21. The van der Waals surface area contributed by atoms with E-state index in [0.29, 0.717) is 28.1 Å². The lowest BCUT2D eigenvalue weighted by Gasteiger charge is -2.17. The average molecular weight is 474 g/mol. The molecule has 0 N–H and O–H groups in total. The van der Waals surface area contributed by atoms with Crippen LogP contribution in [0.5, 0.6) is 11.5 Å². The molecular formula is C25H19N3O3S2. The summed E-state index contributed by atoms with van der Waals surface area (Å²) >= 11 is 3.04. The number of rotatable bonds is 3. The third kappa shape index (κ3) is 3.65. The number of nitrogens with zero attached hydrogens (tertiary/aromatic N) is 3. The third-order valence-electron chi connectivity index (χ3n) is 5.56. The van der Waals surface area contributed by atoms with Crippen LogP contribution in [0.1, 0.15) is 5.56 Å². The number of carbonyl (C=O) groups is 1. The van der Waals surface area contributed by atoms with E-state index in [1.54, 1.807) is 16.7 Å². The van der Waals surface area contributed by atoms with Crippen LogP contribution in [0.3, 0.4) is 0 Å². The Labute approximate surface area is 199 Å². The van der Waals surface area contributed by atoms with Gasteiger partial charge in [0.1, 0.15) is 4.91 Å². The van der Waals surface area contributed by atoms with E-state index in [1.165, 1.54) is 11.8 Å². The van der Waals surface area contributed by atoms with Gasteiger partial charge in [0.15, 0.2) is 16.7 Å². The first-order chi connectivity index (χ1) is 16.2. The minimum Gasteiger partial charge on any atom is -0.454 e. The number of ether oxygens (including phenoxy) is 2. The molecule has 3 aliphatic heterocycles. The number of amidine groups is 1. The van der Waals surface area contributed by atoms with Crippen LogP contribution in [0.2, 0.25) is 0 Å². The fourth-order valence-corrected chi connectivity index (χ4v) is 6.23. The number of aliphatic imine (C=N–C) groups is 1. The van der Waals surface area contributed by atoms with Gasteiger partial charge < -0.3 is 14.4 Å². The first kappa shape index (κ1) is 20.3. The standard InChI is InChI=1S/C25H19N3O3S2/c1-27-18-9-5-6-10-21(18)32-24(27)22-23(29)28(14-16-7-3-2-4-8-16)25(33-22)26-17-11-12-19-20(13-17)31-15-30-19/h2-13H,14-15H2,1H3. The molecule has 1 saturated heterocycles. The van der Waals surface area contributed by atoms with Crippen molar-refractivity contribution in [2.45, 2.75) is 11.4 Å². The second kappa shape index (κ2) is 8.20. The molecule has 3 aliphatic rings. The highest BCUT2D eigenvalue weighted by Gasteiger charge is 2.39. The van der Waals surface area contributed by atoms with Crippen LogP contribution in [0.4, 0.5) is 11.4 Å². The van der Waals surface area contributed by atoms with Crippen molar-refractivity contribution in [2.24, 2.45) is 4.99 Å². The Balaban J connectivity index is 1.40. The maximum absolute atomic E-state index is 13.7. The van der Waals surface area contributed by atoms with Gasteiger partial charge in [-0.3, -0.25) is 9.69 Å². The number of fused-ring (bicyclic) bond motifs is 2. The molecule has 0 aliphatic carbocycles. The monoisotopic (exact) mass is 473 g/mol. The van der Waals surface area contributed by atoms with E-state index in [0.717, 1.165) is 26.9 Å². The lowest BCUT2D eigenvalue weighted by atomic mass is 10.2. The van der Waals surface area contributed by atoms with Gasteiger partial charge in [0.2, 0.25) is 6.79 Å². The second-order valence-electron chi connectivity index (χ2n) is 7.67. The normalized spacial score (nSPS) is 20.2. The van der Waals surface area contributed by atoms with Gasteiger partial charge in [-0.1, -0.05) is 54.2 Å². The fourth-order valence-electron chi connectivity index (χ4n) is 3.89. The summed E-state index contributed by atoms with van der Waals surface area (Å²) in [5.41, 5.74) is 2.87. The zero-order valence-electron chi connectivity index (χ0n) is 17.7. The molecule has 3 heterocycles. The molecule has 0 saturated carbocycles. The van der Waals surface area contributed by atoms with Gasteiger partial charge in [-0.2, -0.15) is 0 Å². The van der Waals surface area contributed by atoms with Crippen LogP contribution >= 0.6 is 23.5 Å². The molecule has 0 radical (unpaired) electrons. The summed E-state index contributed by atoms with van der Waals surface area (Å²) in [6.45, 7) is 0.664. The maximum Gasteiger partial charge on any atom is 0.269 e. The summed E-state index contributed by atoms with van der Waals surface area (Å²) in [7, 11) is 2.00. The average Bonchev–Trinajstić information content (AvgIpc) is 3.52. The quantitative estimate of drug-likeness (QED) is 0.462. The Hall–Kier alpha value is -3.36. The minimum atomic E-state index is -0.0366. The van der Waals surface area contributed by atoms with Crippen LogP contribution in [0, 0.1) is 0 Å².